The zero-order valence-corrected chi connectivity index (χ0v) is 9.90. The summed E-state index contributed by atoms with van der Waals surface area (Å²) in [5.41, 5.74) is 5.71. The van der Waals surface area contributed by atoms with E-state index in [-0.39, 0.29) is 0 Å². The van der Waals surface area contributed by atoms with Gasteiger partial charge in [-0.05, 0) is 25.0 Å². The Balaban J connectivity index is 2.10. The van der Waals surface area contributed by atoms with Crippen LogP contribution in [0.25, 0.3) is 5.70 Å². The SMILES string of the molecule is CCC1C=C(C)C=C2c3ccccc3CN21. The minimum absolute atomic E-state index is 0.576. The van der Waals surface area contributed by atoms with Crippen LogP contribution in [0.15, 0.2) is 42.0 Å². The molecular formula is C15H17N. The van der Waals surface area contributed by atoms with Gasteiger partial charge < -0.3 is 4.90 Å². The number of hydrogen-bond donors (Lipinski definition) is 0. The summed E-state index contributed by atoms with van der Waals surface area (Å²) in [5.74, 6) is 0. The average Bonchev–Trinajstić information content (AvgIpc) is 2.67. The summed E-state index contributed by atoms with van der Waals surface area (Å²) in [7, 11) is 0. The molecule has 0 fully saturated rings. The van der Waals surface area contributed by atoms with Crippen molar-refractivity contribution >= 4 is 5.70 Å². The molecule has 1 heteroatoms. The maximum Gasteiger partial charge on any atom is 0.0480 e. The highest BCUT2D eigenvalue weighted by Gasteiger charge is 2.29. The Morgan fingerprint density at radius 1 is 1.31 bits per heavy atom. The molecule has 1 unspecified atom stereocenters. The highest BCUT2D eigenvalue weighted by atomic mass is 15.2. The van der Waals surface area contributed by atoms with Gasteiger partial charge in [0.25, 0.3) is 0 Å². The van der Waals surface area contributed by atoms with Crippen LogP contribution >= 0.6 is 0 Å². The topological polar surface area (TPSA) is 3.24 Å². The lowest BCUT2D eigenvalue weighted by Crippen LogP contribution is -2.29. The molecule has 0 aromatic heterocycles. The van der Waals surface area contributed by atoms with E-state index in [0.29, 0.717) is 6.04 Å². The van der Waals surface area contributed by atoms with E-state index >= 15 is 0 Å². The maximum atomic E-state index is 2.53. The van der Waals surface area contributed by atoms with Crippen LogP contribution in [0.3, 0.4) is 0 Å². The molecule has 0 bridgehead atoms. The van der Waals surface area contributed by atoms with Gasteiger partial charge in [-0.3, -0.25) is 0 Å². The largest absolute Gasteiger partial charge is 0.360 e. The first-order chi connectivity index (χ1) is 7.79. The molecule has 0 radical (unpaired) electrons. The minimum atomic E-state index is 0.576. The fourth-order valence-corrected chi connectivity index (χ4v) is 2.78. The van der Waals surface area contributed by atoms with Crippen LogP contribution in [0.1, 0.15) is 31.4 Å². The first-order valence-corrected chi connectivity index (χ1v) is 6.04. The normalized spacial score (nSPS) is 22.4. The van der Waals surface area contributed by atoms with E-state index in [2.05, 4.69) is 55.2 Å². The summed E-state index contributed by atoms with van der Waals surface area (Å²) >= 11 is 0. The van der Waals surface area contributed by atoms with Crippen LogP contribution in [0.4, 0.5) is 0 Å². The fraction of sp³-hybridized carbons (Fsp3) is 0.333. The Bertz CT molecular complexity index is 482. The van der Waals surface area contributed by atoms with Crippen LogP contribution in [0.2, 0.25) is 0 Å². The van der Waals surface area contributed by atoms with Gasteiger partial charge in [0.2, 0.25) is 0 Å². The third kappa shape index (κ3) is 1.31. The molecule has 0 saturated carbocycles. The minimum Gasteiger partial charge on any atom is -0.360 e. The van der Waals surface area contributed by atoms with Crippen LogP contribution in [-0.2, 0) is 6.54 Å². The van der Waals surface area contributed by atoms with Crippen molar-refractivity contribution in [2.24, 2.45) is 0 Å². The maximum absolute atomic E-state index is 2.53. The monoisotopic (exact) mass is 211 g/mol. The van der Waals surface area contributed by atoms with Gasteiger partial charge in [-0.25, -0.2) is 0 Å². The highest BCUT2D eigenvalue weighted by Crippen LogP contribution is 2.38. The summed E-state index contributed by atoms with van der Waals surface area (Å²) < 4.78 is 0. The first-order valence-electron chi connectivity index (χ1n) is 6.04. The van der Waals surface area contributed by atoms with Crippen molar-refractivity contribution in [3.8, 4) is 0 Å². The van der Waals surface area contributed by atoms with Crippen molar-refractivity contribution in [2.45, 2.75) is 32.9 Å². The van der Waals surface area contributed by atoms with Crippen LogP contribution in [0.5, 0.6) is 0 Å². The van der Waals surface area contributed by atoms with Crippen molar-refractivity contribution in [1.29, 1.82) is 0 Å². The molecule has 0 amide bonds. The Labute approximate surface area is 97.1 Å². The Hall–Kier alpha value is -1.50. The molecule has 16 heavy (non-hydrogen) atoms. The van der Waals surface area contributed by atoms with Crippen molar-refractivity contribution in [2.75, 3.05) is 0 Å². The molecule has 1 atom stereocenters. The number of fused-ring (bicyclic) bond motifs is 3. The second-order valence-electron chi connectivity index (χ2n) is 4.70. The lowest BCUT2D eigenvalue weighted by atomic mass is 10.0. The number of nitrogens with zero attached hydrogens (tertiary/aromatic N) is 1. The Kier molecular flexibility index (Phi) is 2.13. The fourth-order valence-electron chi connectivity index (χ4n) is 2.78. The molecule has 0 aliphatic carbocycles. The van der Waals surface area contributed by atoms with E-state index in [0.717, 1.165) is 6.54 Å². The molecule has 2 aliphatic heterocycles. The second-order valence-corrected chi connectivity index (χ2v) is 4.70. The standard InChI is InChI=1S/C15H17N/c1-3-13-8-11(2)9-15-14-7-5-4-6-12(14)10-16(13)15/h4-9,13H,3,10H2,1-2H3. The molecule has 1 nitrogen and oxygen atoms in total. The van der Waals surface area contributed by atoms with Gasteiger partial charge in [-0.1, -0.05) is 42.8 Å². The summed E-state index contributed by atoms with van der Waals surface area (Å²) in [6.07, 6.45) is 5.88. The third-order valence-corrected chi connectivity index (χ3v) is 3.58. The van der Waals surface area contributed by atoms with E-state index in [9.17, 15) is 0 Å². The highest BCUT2D eigenvalue weighted by molar-refractivity contribution is 5.74. The van der Waals surface area contributed by atoms with Crippen molar-refractivity contribution in [3.05, 3.63) is 53.1 Å². The zero-order chi connectivity index (χ0) is 11.1. The lowest BCUT2D eigenvalue weighted by Gasteiger charge is -2.31. The van der Waals surface area contributed by atoms with E-state index in [4.69, 9.17) is 0 Å². The molecule has 0 saturated heterocycles. The number of rotatable bonds is 1. The van der Waals surface area contributed by atoms with Gasteiger partial charge in [0, 0.05) is 23.8 Å². The van der Waals surface area contributed by atoms with Crippen molar-refractivity contribution in [3.63, 3.8) is 0 Å². The zero-order valence-electron chi connectivity index (χ0n) is 9.90. The van der Waals surface area contributed by atoms with E-state index in [1.807, 2.05) is 0 Å². The van der Waals surface area contributed by atoms with Crippen LogP contribution in [-0.4, -0.2) is 10.9 Å². The smallest absolute Gasteiger partial charge is 0.0480 e. The number of benzene rings is 1. The predicted molar refractivity (Wildman–Crippen MR) is 67.8 cm³/mol. The molecule has 0 N–H and O–H groups in total. The molecule has 1 aromatic carbocycles. The van der Waals surface area contributed by atoms with Gasteiger partial charge in [0.15, 0.2) is 0 Å². The molecular weight excluding hydrogens is 194 g/mol. The summed E-state index contributed by atoms with van der Waals surface area (Å²) in [6, 6.07) is 9.34. The number of hydrogen-bond acceptors (Lipinski definition) is 1. The van der Waals surface area contributed by atoms with Crippen molar-refractivity contribution < 1.29 is 0 Å². The Morgan fingerprint density at radius 3 is 2.94 bits per heavy atom. The van der Waals surface area contributed by atoms with Crippen LogP contribution < -0.4 is 0 Å². The summed E-state index contributed by atoms with van der Waals surface area (Å²) in [5, 5.41) is 0. The first kappa shape index (κ1) is 9.71. The Morgan fingerprint density at radius 2 is 2.12 bits per heavy atom. The van der Waals surface area contributed by atoms with E-state index in [1.165, 1.54) is 28.8 Å². The van der Waals surface area contributed by atoms with Gasteiger partial charge in [-0.2, -0.15) is 0 Å². The third-order valence-electron chi connectivity index (χ3n) is 3.58. The van der Waals surface area contributed by atoms with Gasteiger partial charge in [-0.15, -0.1) is 0 Å². The predicted octanol–water partition coefficient (Wildman–Crippen LogP) is 3.58. The average molecular weight is 211 g/mol. The quantitative estimate of drug-likeness (QED) is 0.686. The summed E-state index contributed by atoms with van der Waals surface area (Å²) in [4.78, 5) is 2.53. The molecule has 1 aromatic rings. The van der Waals surface area contributed by atoms with Gasteiger partial charge in [0.05, 0.1) is 0 Å². The molecule has 2 aliphatic rings. The molecule has 3 rings (SSSR count). The van der Waals surface area contributed by atoms with Gasteiger partial charge in [0.1, 0.15) is 0 Å². The van der Waals surface area contributed by atoms with E-state index < -0.39 is 0 Å². The number of allylic oxidation sites excluding steroid dienone is 2. The van der Waals surface area contributed by atoms with Crippen LogP contribution in [0, 0.1) is 0 Å². The lowest BCUT2D eigenvalue weighted by molar-refractivity contribution is 0.334. The van der Waals surface area contributed by atoms with Gasteiger partial charge >= 0.3 is 0 Å². The molecule has 82 valence electrons. The molecule has 2 heterocycles. The van der Waals surface area contributed by atoms with Crippen molar-refractivity contribution in [1.82, 2.24) is 4.90 Å². The van der Waals surface area contributed by atoms with E-state index in [1.54, 1.807) is 0 Å². The second kappa shape index (κ2) is 3.51. The molecule has 0 spiro atoms. The summed E-state index contributed by atoms with van der Waals surface area (Å²) in [6.45, 7) is 5.54.